The summed E-state index contributed by atoms with van der Waals surface area (Å²) in [6, 6.07) is 0. The second-order valence-corrected chi connectivity index (χ2v) is 33.1. The van der Waals surface area contributed by atoms with Crippen molar-refractivity contribution in [3.8, 4) is 0 Å². The molecule has 0 radical (unpaired) electrons. The van der Waals surface area contributed by atoms with Gasteiger partial charge in [0.25, 0.3) is 0 Å². The van der Waals surface area contributed by atoms with Gasteiger partial charge < -0.3 is 10.6 Å². The molecule has 24 aromatic carbocycles. The fourth-order valence-corrected chi connectivity index (χ4v) is 30.6. The molecule has 348 valence electrons. The van der Waals surface area contributed by atoms with Crippen molar-refractivity contribution in [2.75, 3.05) is 0 Å². The fraction of sp³-hybridized carbons (Fsp3) is 0.263. The van der Waals surface area contributed by atoms with Crippen LogP contribution in [-0.4, -0.2) is 22.2 Å². The van der Waals surface area contributed by atoms with E-state index in [1.54, 1.807) is 259 Å². The Kier molecular flexibility index (Phi) is 2.97. The van der Waals surface area contributed by atoms with E-state index in [4.69, 9.17) is 0 Å². The first kappa shape index (κ1) is 32.5. The van der Waals surface area contributed by atoms with Crippen molar-refractivity contribution in [2.24, 2.45) is 0 Å². The molecule has 24 aromatic rings. The van der Waals surface area contributed by atoms with Gasteiger partial charge in [-0.25, -0.2) is 0 Å². The van der Waals surface area contributed by atoms with Gasteiger partial charge in [0, 0.05) is 43.8 Å². The summed E-state index contributed by atoms with van der Waals surface area (Å²) in [5, 5.41) is 91.6. The Morgan fingerprint density at radius 2 is 0.244 bits per heavy atom. The molecule has 0 aromatic heterocycles. The van der Waals surface area contributed by atoms with Crippen LogP contribution in [0.25, 0.3) is 259 Å². The monoisotopic (exact) mass is 974 g/mol. The lowest BCUT2D eigenvalue weighted by Crippen LogP contribution is -2.54. The molecule has 2 N–H and O–H groups in total. The van der Waals surface area contributed by atoms with Crippen molar-refractivity contribution in [1.29, 1.82) is 0 Å². The number of hydrogen-bond acceptors (Lipinski definition) is 2. The molecule has 2 aliphatic heterocycles. The minimum Gasteiger partial charge on any atom is -0.307 e. The van der Waals surface area contributed by atoms with Gasteiger partial charge in [-0.15, -0.1) is 0 Å². The molecule has 2 nitrogen and oxygen atoms in total. The summed E-state index contributed by atoms with van der Waals surface area (Å²) in [6.07, 6.45) is 4.47. The van der Waals surface area contributed by atoms with Gasteiger partial charge in [-0.05, 0) is 384 Å². The van der Waals surface area contributed by atoms with E-state index < -0.39 is 0 Å². The van der Waals surface area contributed by atoms with Crippen LogP contribution < -0.4 is 10.6 Å². The van der Waals surface area contributed by atoms with Crippen LogP contribution in [0.1, 0.15) is 126 Å². The number of benzene rings is 16. The predicted molar refractivity (Wildman–Crippen MR) is 328 cm³/mol. The molecule has 2 saturated heterocycles. The largest absolute Gasteiger partial charge is 0.307 e. The van der Waals surface area contributed by atoms with Crippen LogP contribution in [0, 0.1) is 0 Å². The Morgan fingerprint density at radius 3 is 0.346 bits per heavy atom. The number of rotatable bonds is 0. The second kappa shape index (κ2) is 7.12. The summed E-state index contributed by atoms with van der Waals surface area (Å²) in [7, 11) is 0. The first-order valence-electron chi connectivity index (χ1n) is 30.3. The van der Waals surface area contributed by atoms with Crippen LogP contribution in [0.3, 0.4) is 0 Å². The van der Waals surface area contributed by atoms with Gasteiger partial charge in [0.05, 0.1) is 0 Å². The van der Waals surface area contributed by atoms with Crippen molar-refractivity contribution >= 4 is 259 Å². The Labute approximate surface area is 436 Å². The van der Waals surface area contributed by atoms with Gasteiger partial charge in [-0.3, -0.25) is 0 Å². The van der Waals surface area contributed by atoms with Crippen molar-refractivity contribution in [3.63, 3.8) is 0 Å². The third-order valence-corrected chi connectivity index (χ3v) is 29.1. The van der Waals surface area contributed by atoms with Gasteiger partial charge in [0.2, 0.25) is 0 Å². The maximum absolute atomic E-state index is 4.59. The molecule has 0 unspecified atom stereocenters. The Morgan fingerprint density at radius 1 is 0.154 bits per heavy atom. The number of hydrogen-bond donors (Lipinski definition) is 2. The Bertz CT molecular complexity index is 6270. The quantitative estimate of drug-likeness (QED) is 0.148. The van der Waals surface area contributed by atoms with Crippen LogP contribution in [0.2, 0.25) is 0 Å². The summed E-state index contributed by atoms with van der Waals surface area (Å²) >= 11 is 0. The zero-order valence-corrected chi connectivity index (χ0v) is 43.8. The standard InChI is InChI=1S/C76H34N2/c1-69(2)9-73-61-45-29-13-15-33-21(29)22-30-14-16-34(22)50-49(33)65-57-41(15)27-25-37(13)53(61)55-39(25)17-19-35-23-24-32-18-20-36(24)52-51(35)67(59(57)43(19)27)76-12-72(7,8)78-71(5,6)11-75(65,76)66(50)58-42(16)28(44(20)60(58)68(52)76)26-38(14)54(62(73)46(30)45)56(40(18)26)64-48(32)47(31(17)23)63(55)74(64,73)10-70(3,4)77-69/h77-78H,9-12H2,1-8H3. The smallest absolute Gasteiger partial charge is 0.0384 e. The number of nitrogens with one attached hydrogen (secondary N) is 2. The van der Waals surface area contributed by atoms with E-state index in [0.29, 0.717) is 0 Å². The highest BCUT2D eigenvalue weighted by atomic mass is 15.1. The molecule has 2 fully saturated rings. The highest BCUT2D eigenvalue weighted by Gasteiger charge is 2.75. The first-order valence-corrected chi connectivity index (χ1v) is 30.3. The molecule has 10 aliphatic rings. The fourth-order valence-electron chi connectivity index (χ4n) is 30.6. The van der Waals surface area contributed by atoms with Crippen LogP contribution >= 0.6 is 0 Å². The SMILES string of the molecule is CC1(C)CC23c4c5c6c7c8c9c(c%10c%11c2c2c4c4c%12c5c5c6c6c8c8c%13c%14c%15c%16c%17c%18c%19c%20c%21c%22c%23c(c%14c%14c%24c%23c%23c%22c%22c%20c(c2c%22c%11c%23c%10c%24c9c%148)c4c%19c%12c%17c5c%16c%136)C%152CC(C)(C)NC(C)(C)CC%18%212)C73CC(C)(C)N1. The third kappa shape index (κ3) is 1.83. The average molecular weight is 975 g/mol. The van der Waals surface area contributed by atoms with Crippen LogP contribution in [0.5, 0.6) is 0 Å². The van der Waals surface area contributed by atoms with Crippen molar-refractivity contribution in [2.45, 2.75) is 125 Å². The highest BCUT2D eigenvalue weighted by molar-refractivity contribution is 6.77. The Balaban J connectivity index is 1.13. The zero-order valence-electron chi connectivity index (χ0n) is 43.8. The molecule has 8 aliphatic carbocycles. The first-order chi connectivity index (χ1) is 37.7. The van der Waals surface area contributed by atoms with Gasteiger partial charge in [0.15, 0.2) is 0 Å². The summed E-state index contributed by atoms with van der Waals surface area (Å²) in [5.41, 5.74) is 13.1. The Hall–Kier alpha value is -7.36. The van der Waals surface area contributed by atoms with E-state index in [-0.39, 0.29) is 43.8 Å². The molecule has 34 rings (SSSR count). The molecule has 0 bridgehead atoms. The van der Waals surface area contributed by atoms with E-state index in [2.05, 4.69) is 66.0 Å². The van der Waals surface area contributed by atoms with E-state index in [9.17, 15) is 0 Å². The molecule has 4 spiro atoms. The minimum absolute atomic E-state index is 0.120. The topological polar surface area (TPSA) is 24.1 Å². The lowest BCUT2D eigenvalue weighted by Gasteiger charge is -2.56. The van der Waals surface area contributed by atoms with Crippen LogP contribution in [-0.2, 0) is 21.7 Å². The summed E-state index contributed by atoms with van der Waals surface area (Å²) in [4.78, 5) is 0. The lowest BCUT2D eigenvalue weighted by atomic mass is 9.45. The molecule has 0 atom stereocenters. The third-order valence-electron chi connectivity index (χ3n) is 29.1. The molecule has 0 saturated carbocycles. The predicted octanol–water partition coefficient (Wildman–Crippen LogP) is 18.7. The van der Waals surface area contributed by atoms with E-state index in [1.807, 2.05) is 44.5 Å². The minimum atomic E-state index is -0.229. The van der Waals surface area contributed by atoms with Crippen LogP contribution in [0.15, 0.2) is 0 Å². The van der Waals surface area contributed by atoms with E-state index in [0.717, 1.165) is 25.7 Å². The van der Waals surface area contributed by atoms with Gasteiger partial charge in [-0.2, -0.15) is 0 Å². The molecule has 2 heteroatoms. The lowest BCUT2D eigenvalue weighted by molar-refractivity contribution is 0.260. The maximum Gasteiger partial charge on any atom is 0.0384 e. The second-order valence-electron chi connectivity index (χ2n) is 33.1. The normalized spacial score (nSPS) is 29.8. The van der Waals surface area contributed by atoms with E-state index in [1.165, 1.54) is 0 Å². The average Bonchev–Trinajstić information content (AvgIpc) is 1.43. The molecule has 78 heavy (non-hydrogen) atoms. The highest BCUT2D eigenvalue weighted by Crippen LogP contribution is 2.89. The van der Waals surface area contributed by atoms with Crippen LogP contribution in [0.4, 0.5) is 0 Å². The summed E-state index contributed by atoms with van der Waals surface area (Å²) in [6.45, 7) is 21.1. The van der Waals surface area contributed by atoms with Crippen molar-refractivity contribution < 1.29 is 0 Å². The van der Waals surface area contributed by atoms with E-state index >= 15 is 0 Å². The van der Waals surface area contributed by atoms with Gasteiger partial charge in [-0.1, -0.05) is 0 Å². The summed E-state index contributed by atoms with van der Waals surface area (Å²) in [5.74, 6) is 0. The zero-order chi connectivity index (χ0) is 48.6. The summed E-state index contributed by atoms with van der Waals surface area (Å²) < 4.78 is 0. The van der Waals surface area contributed by atoms with Gasteiger partial charge in [0.1, 0.15) is 0 Å². The van der Waals surface area contributed by atoms with Crippen molar-refractivity contribution in [1.82, 2.24) is 10.6 Å². The molecular weight excluding hydrogens is 941 g/mol. The molecular formula is C76H34N2. The van der Waals surface area contributed by atoms with Gasteiger partial charge >= 0.3 is 0 Å². The molecule has 2 heterocycles. The molecule has 0 amide bonds. The maximum atomic E-state index is 4.59. The van der Waals surface area contributed by atoms with Crippen molar-refractivity contribution in [3.05, 3.63) is 44.5 Å².